The predicted octanol–water partition coefficient (Wildman–Crippen LogP) is 4.34. The molecule has 0 aromatic heterocycles. The maximum atomic E-state index is 13.0. The minimum absolute atomic E-state index is 0.0292. The number of sulfonamides is 1. The molecule has 4 rings (SSSR count). The number of fused-ring (bicyclic) bond motifs is 1. The van der Waals surface area contributed by atoms with Gasteiger partial charge in [0.1, 0.15) is 5.75 Å². The Morgan fingerprint density at radius 3 is 2.52 bits per heavy atom. The Morgan fingerprint density at radius 2 is 1.79 bits per heavy atom. The second kappa shape index (κ2) is 9.29. The average molecular weight is 482 g/mol. The van der Waals surface area contributed by atoms with Gasteiger partial charge in [0.25, 0.3) is 15.9 Å². The Balaban J connectivity index is 1.56. The first kappa shape index (κ1) is 22.9. The molecule has 0 spiro atoms. The standard InChI is InChI=1S/C24H23N3O4S2/c1-3-27(4-2)18-13-12-17(20(28)15-18)14-21-23(29)25-24(32-21)26-33(30,31)22-11-7-9-16-8-5-6-10-19(16)22/h5-15,28H,3-4H2,1-2H3,(H,25,26,29). The first-order chi connectivity index (χ1) is 15.8. The Kier molecular flexibility index (Phi) is 6.44. The zero-order valence-corrected chi connectivity index (χ0v) is 19.8. The van der Waals surface area contributed by atoms with Gasteiger partial charge in [-0.15, -0.1) is 0 Å². The number of benzene rings is 3. The van der Waals surface area contributed by atoms with E-state index in [1.807, 2.05) is 38.1 Å². The number of phenolic OH excluding ortho intramolecular Hbond substituents is 1. The topological polar surface area (TPSA) is 99.1 Å². The summed E-state index contributed by atoms with van der Waals surface area (Å²) >= 11 is 0.919. The highest BCUT2D eigenvalue weighted by atomic mass is 32.2. The minimum Gasteiger partial charge on any atom is -0.507 e. The number of aromatic hydroxyl groups is 1. The highest BCUT2D eigenvalue weighted by Gasteiger charge is 2.27. The van der Waals surface area contributed by atoms with Gasteiger partial charge in [0.15, 0.2) is 5.17 Å². The zero-order valence-electron chi connectivity index (χ0n) is 18.1. The number of carbonyl (C=O) groups is 1. The molecule has 170 valence electrons. The Hall–Kier alpha value is -3.30. The summed E-state index contributed by atoms with van der Waals surface area (Å²) in [4.78, 5) is 18.7. The van der Waals surface area contributed by atoms with Crippen molar-refractivity contribution < 1.29 is 18.3 Å². The van der Waals surface area contributed by atoms with Crippen molar-refractivity contribution in [2.45, 2.75) is 18.7 Å². The van der Waals surface area contributed by atoms with Gasteiger partial charge in [0.05, 0.1) is 9.80 Å². The molecule has 0 bridgehead atoms. The van der Waals surface area contributed by atoms with Gasteiger partial charge < -0.3 is 10.0 Å². The number of carbonyl (C=O) groups excluding carboxylic acids is 1. The van der Waals surface area contributed by atoms with E-state index in [1.165, 1.54) is 12.1 Å². The third-order valence-electron chi connectivity index (χ3n) is 5.31. The van der Waals surface area contributed by atoms with Crippen molar-refractivity contribution >= 4 is 55.4 Å². The Morgan fingerprint density at radius 1 is 1.06 bits per heavy atom. The molecule has 3 aromatic rings. The molecule has 0 aliphatic carbocycles. The SMILES string of the molecule is CCN(CC)c1ccc(C=C2SC(NS(=O)(=O)c3cccc4ccccc34)=NC2=O)c(O)c1. The molecule has 0 saturated carbocycles. The van der Waals surface area contributed by atoms with E-state index < -0.39 is 15.9 Å². The lowest BCUT2D eigenvalue weighted by atomic mass is 10.1. The van der Waals surface area contributed by atoms with Crippen LogP contribution in [0.15, 0.2) is 75.5 Å². The van der Waals surface area contributed by atoms with E-state index in [0.29, 0.717) is 10.9 Å². The molecular weight excluding hydrogens is 458 g/mol. The van der Waals surface area contributed by atoms with E-state index in [1.54, 1.807) is 30.3 Å². The number of nitrogens with one attached hydrogen (secondary N) is 1. The molecule has 2 N–H and O–H groups in total. The fraction of sp³-hybridized carbons (Fsp3) is 0.167. The number of rotatable bonds is 6. The number of thioether (sulfide) groups is 1. The predicted molar refractivity (Wildman–Crippen MR) is 134 cm³/mol. The number of amides is 1. The molecule has 1 aliphatic rings. The molecule has 0 radical (unpaired) electrons. The van der Waals surface area contributed by atoms with Crippen molar-refractivity contribution in [1.82, 2.24) is 4.72 Å². The summed E-state index contributed by atoms with van der Waals surface area (Å²) in [6, 6.07) is 17.4. The normalized spacial score (nSPS) is 15.2. The van der Waals surface area contributed by atoms with E-state index in [0.717, 1.165) is 35.9 Å². The van der Waals surface area contributed by atoms with E-state index in [9.17, 15) is 18.3 Å². The Labute approximate surface area is 196 Å². The summed E-state index contributed by atoms with van der Waals surface area (Å²) in [5, 5.41) is 11.8. The molecule has 1 amide bonds. The van der Waals surface area contributed by atoms with Crippen molar-refractivity contribution in [2.24, 2.45) is 4.99 Å². The molecule has 1 aliphatic heterocycles. The van der Waals surface area contributed by atoms with Gasteiger partial charge in [0.2, 0.25) is 0 Å². The summed E-state index contributed by atoms with van der Waals surface area (Å²) in [6.07, 6.45) is 1.51. The summed E-state index contributed by atoms with van der Waals surface area (Å²) in [5.74, 6) is -0.534. The lowest BCUT2D eigenvalue weighted by Gasteiger charge is -2.21. The maximum absolute atomic E-state index is 13.0. The molecule has 0 fully saturated rings. The largest absolute Gasteiger partial charge is 0.507 e. The van der Waals surface area contributed by atoms with Crippen LogP contribution in [0.3, 0.4) is 0 Å². The van der Waals surface area contributed by atoms with E-state index >= 15 is 0 Å². The second-order valence-electron chi connectivity index (χ2n) is 7.33. The van der Waals surface area contributed by atoms with E-state index in [2.05, 4.69) is 14.6 Å². The summed E-state index contributed by atoms with van der Waals surface area (Å²) in [5.41, 5.74) is 1.33. The van der Waals surface area contributed by atoms with Crippen LogP contribution in [0.1, 0.15) is 19.4 Å². The molecule has 0 saturated heterocycles. The molecule has 3 aromatic carbocycles. The van der Waals surface area contributed by atoms with Crippen molar-refractivity contribution in [2.75, 3.05) is 18.0 Å². The number of anilines is 1. The summed E-state index contributed by atoms with van der Waals surface area (Å²) in [7, 11) is -3.96. The number of hydrogen-bond donors (Lipinski definition) is 2. The molecule has 7 nitrogen and oxygen atoms in total. The summed E-state index contributed by atoms with van der Waals surface area (Å²) < 4.78 is 28.4. The molecule has 0 atom stereocenters. The van der Waals surface area contributed by atoms with E-state index in [4.69, 9.17) is 0 Å². The van der Waals surface area contributed by atoms with Crippen LogP contribution in [0.5, 0.6) is 5.75 Å². The maximum Gasteiger partial charge on any atom is 0.286 e. The van der Waals surface area contributed by atoms with Gasteiger partial charge in [-0.1, -0.05) is 36.4 Å². The van der Waals surface area contributed by atoms with Crippen LogP contribution in [-0.2, 0) is 14.8 Å². The smallest absolute Gasteiger partial charge is 0.286 e. The van der Waals surface area contributed by atoms with Gasteiger partial charge in [-0.3, -0.25) is 9.52 Å². The first-order valence-electron chi connectivity index (χ1n) is 10.4. The van der Waals surface area contributed by atoms with Crippen LogP contribution in [0.2, 0.25) is 0 Å². The minimum atomic E-state index is -3.96. The molecular formula is C24H23N3O4S2. The lowest BCUT2D eigenvalue weighted by molar-refractivity contribution is -0.113. The molecule has 33 heavy (non-hydrogen) atoms. The van der Waals surface area contributed by atoms with E-state index in [-0.39, 0.29) is 20.7 Å². The number of amidine groups is 1. The van der Waals surface area contributed by atoms with Crippen LogP contribution in [-0.4, -0.2) is 37.7 Å². The van der Waals surface area contributed by atoms with Crippen LogP contribution in [0, 0.1) is 0 Å². The quantitative estimate of drug-likeness (QED) is 0.508. The van der Waals surface area contributed by atoms with Crippen LogP contribution in [0.4, 0.5) is 5.69 Å². The van der Waals surface area contributed by atoms with Gasteiger partial charge >= 0.3 is 0 Å². The van der Waals surface area contributed by atoms with Gasteiger partial charge in [-0.2, -0.15) is 4.99 Å². The number of aliphatic imine (C=N–C) groups is 1. The van der Waals surface area contributed by atoms with Gasteiger partial charge in [-0.05, 0) is 55.3 Å². The third-order valence-corrected chi connectivity index (χ3v) is 7.74. The number of nitrogens with zero attached hydrogens (tertiary/aromatic N) is 2. The number of hydrogen-bond acceptors (Lipinski definition) is 6. The van der Waals surface area contributed by atoms with Gasteiger partial charge in [0, 0.05) is 35.8 Å². The fourth-order valence-corrected chi connectivity index (χ4v) is 5.90. The van der Waals surface area contributed by atoms with Crippen LogP contribution < -0.4 is 9.62 Å². The first-order valence-corrected chi connectivity index (χ1v) is 12.7. The highest BCUT2D eigenvalue weighted by Crippen LogP contribution is 2.33. The average Bonchev–Trinajstić information content (AvgIpc) is 3.13. The monoisotopic (exact) mass is 481 g/mol. The highest BCUT2D eigenvalue weighted by molar-refractivity contribution is 8.19. The lowest BCUT2D eigenvalue weighted by Crippen LogP contribution is -2.27. The molecule has 1 heterocycles. The van der Waals surface area contributed by atoms with Crippen molar-refractivity contribution in [3.05, 3.63) is 71.1 Å². The summed E-state index contributed by atoms with van der Waals surface area (Å²) in [6.45, 7) is 5.67. The fourth-order valence-electron chi connectivity index (χ4n) is 3.63. The zero-order chi connectivity index (χ0) is 23.6. The second-order valence-corrected chi connectivity index (χ2v) is 10.0. The molecule has 0 unspecified atom stereocenters. The molecule has 9 heteroatoms. The van der Waals surface area contributed by atoms with Crippen molar-refractivity contribution in [1.29, 1.82) is 0 Å². The van der Waals surface area contributed by atoms with Crippen LogP contribution in [0.25, 0.3) is 16.8 Å². The van der Waals surface area contributed by atoms with Crippen LogP contribution >= 0.6 is 11.8 Å². The number of phenols is 1. The Bertz CT molecular complexity index is 1390. The van der Waals surface area contributed by atoms with Gasteiger partial charge in [-0.25, -0.2) is 8.42 Å². The van der Waals surface area contributed by atoms with Crippen molar-refractivity contribution in [3.63, 3.8) is 0 Å². The third kappa shape index (κ3) is 4.74. The van der Waals surface area contributed by atoms with Crippen molar-refractivity contribution in [3.8, 4) is 5.75 Å².